The molecule has 9 nitrogen and oxygen atoms in total. The van der Waals surface area contributed by atoms with Crippen LogP contribution < -0.4 is 0 Å². The Bertz CT molecular complexity index is 914. The standard InChI is InChI=1S/C37H65O9P/c1-3-5-7-9-11-13-14-15-16-17-18-19-20-21-22-24-26-28-30-43-33-36(34-45-47(41,42)44-32-35(39)31-38)46-37(40)29-27-25-23-12-10-8-6-4-2/h5,7,11,13,15-16,18-19,21-22,35-36,38-39H,3-4,6,8-10,12,14,17,20,23-34H2,1-2H3,(H,41,42)/b7-5-,13-11-,16-15-,19-18-,22-21-. The lowest BCUT2D eigenvalue weighted by Crippen LogP contribution is -2.29. The van der Waals surface area contributed by atoms with Crippen molar-refractivity contribution < 1.29 is 43.0 Å². The number of phosphoric ester groups is 1. The smallest absolute Gasteiger partial charge is 0.457 e. The maximum Gasteiger partial charge on any atom is 0.472 e. The first-order valence-corrected chi connectivity index (χ1v) is 19.3. The quantitative estimate of drug-likeness (QED) is 0.0268. The highest BCUT2D eigenvalue weighted by molar-refractivity contribution is 7.47. The molecule has 0 aliphatic carbocycles. The molecule has 10 heteroatoms. The number of hydrogen-bond acceptors (Lipinski definition) is 8. The normalized spacial score (nSPS) is 15.1. The molecular weight excluding hydrogens is 619 g/mol. The van der Waals surface area contributed by atoms with E-state index in [9.17, 15) is 19.4 Å². The lowest BCUT2D eigenvalue weighted by molar-refractivity contribution is -0.154. The average Bonchev–Trinajstić information content (AvgIpc) is 3.06. The van der Waals surface area contributed by atoms with E-state index in [2.05, 4.69) is 74.6 Å². The van der Waals surface area contributed by atoms with Crippen LogP contribution in [0, 0.1) is 0 Å². The van der Waals surface area contributed by atoms with Crippen molar-refractivity contribution in [3.63, 3.8) is 0 Å². The van der Waals surface area contributed by atoms with Crippen LogP contribution in [-0.2, 0) is 27.9 Å². The number of unbranched alkanes of at least 4 members (excludes halogenated alkanes) is 9. The Hall–Kier alpha value is -1.84. The minimum Gasteiger partial charge on any atom is -0.457 e. The zero-order chi connectivity index (χ0) is 34.7. The number of carbonyl (C=O) groups is 1. The van der Waals surface area contributed by atoms with Crippen LogP contribution in [0.1, 0.15) is 123 Å². The molecule has 0 rings (SSSR count). The lowest BCUT2D eigenvalue weighted by atomic mass is 10.1. The van der Waals surface area contributed by atoms with E-state index < -0.39 is 45.8 Å². The molecule has 272 valence electrons. The Kier molecular flexibility index (Phi) is 32.7. The van der Waals surface area contributed by atoms with Crippen molar-refractivity contribution in [2.24, 2.45) is 0 Å². The van der Waals surface area contributed by atoms with E-state index in [-0.39, 0.29) is 13.0 Å². The van der Waals surface area contributed by atoms with Crippen LogP contribution in [0.2, 0.25) is 0 Å². The fraction of sp³-hybridized carbons (Fsp3) is 0.703. The van der Waals surface area contributed by atoms with Gasteiger partial charge in [0.15, 0.2) is 0 Å². The zero-order valence-electron chi connectivity index (χ0n) is 29.2. The number of hydrogen-bond donors (Lipinski definition) is 3. The van der Waals surface area contributed by atoms with Gasteiger partial charge in [0.2, 0.25) is 0 Å². The summed E-state index contributed by atoms with van der Waals surface area (Å²) in [5.74, 6) is -0.407. The predicted octanol–water partition coefficient (Wildman–Crippen LogP) is 8.85. The van der Waals surface area contributed by atoms with Crippen LogP contribution >= 0.6 is 7.82 Å². The summed E-state index contributed by atoms with van der Waals surface area (Å²) < 4.78 is 33.0. The molecule has 3 atom stereocenters. The second kappa shape index (κ2) is 34.0. The zero-order valence-corrected chi connectivity index (χ0v) is 30.1. The van der Waals surface area contributed by atoms with Gasteiger partial charge in [-0.15, -0.1) is 0 Å². The fourth-order valence-electron chi connectivity index (χ4n) is 4.26. The van der Waals surface area contributed by atoms with Crippen molar-refractivity contribution in [2.45, 2.75) is 135 Å². The molecule has 3 unspecified atom stereocenters. The Balaban J connectivity index is 4.31. The summed E-state index contributed by atoms with van der Waals surface area (Å²) in [5, 5.41) is 18.2. The monoisotopic (exact) mass is 684 g/mol. The molecule has 0 fully saturated rings. The van der Waals surface area contributed by atoms with Crippen molar-refractivity contribution in [3.8, 4) is 0 Å². The summed E-state index contributed by atoms with van der Waals surface area (Å²) in [7, 11) is -4.52. The van der Waals surface area contributed by atoms with E-state index in [1.807, 2.05) is 0 Å². The maximum atomic E-state index is 12.4. The van der Waals surface area contributed by atoms with Gasteiger partial charge in [-0.1, -0.05) is 120 Å². The number of aliphatic hydroxyl groups excluding tert-OH is 2. The molecule has 0 aliphatic heterocycles. The predicted molar refractivity (Wildman–Crippen MR) is 191 cm³/mol. The molecule has 0 aromatic rings. The summed E-state index contributed by atoms with van der Waals surface area (Å²) >= 11 is 0. The van der Waals surface area contributed by atoms with E-state index in [4.69, 9.17) is 23.6 Å². The fourth-order valence-corrected chi connectivity index (χ4v) is 5.05. The number of carbonyl (C=O) groups excluding carboxylic acids is 1. The molecule has 0 heterocycles. The SMILES string of the molecule is CC/C=C\C/C=C\C/C=C\C/C=C\C/C=C\CCCCOCC(COP(=O)(O)OCC(O)CO)OC(=O)CCCCCCCCCC. The largest absolute Gasteiger partial charge is 0.472 e. The Morgan fingerprint density at radius 2 is 1.21 bits per heavy atom. The molecule has 3 N–H and O–H groups in total. The van der Waals surface area contributed by atoms with Gasteiger partial charge in [-0.25, -0.2) is 4.57 Å². The van der Waals surface area contributed by atoms with E-state index >= 15 is 0 Å². The number of rotatable bonds is 33. The Morgan fingerprint density at radius 1 is 0.681 bits per heavy atom. The summed E-state index contributed by atoms with van der Waals surface area (Å²) in [6, 6.07) is 0. The Morgan fingerprint density at radius 3 is 1.79 bits per heavy atom. The maximum absolute atomic E-state index is 12.4. The molecule has 0 aromatic heterocycles. The molecule has 0 bridgehead atoms. The molecule has 0 radical (unpaired) electrons. The van der Waals surface area contributed by atoms with E-state index in [0.717, 1.165) is 77.0 Å². The topological polar surface area (TPSA) is 132 Å². The molecule has 0 amide bonds. The highest BCUT2D eigenvalue weighted by atomic mass is 31.2. The van der Waals surface area contributed by atoms with Crippen molar-refractivity contribution >= 4 is 13.8 Å². The summed E-state index contributed by atoms with van der Waals surface area (Å²) in [5.41, 5.74) is 0. The molecule has 0 spiro atoms. The van der Waals surface area contributed by atoms with Crippen LogP contribution in [-0.4, -0.2) is 66.3 Å². The number of ether oxygens (including phenoxy) is 2. The highest BCUT2D eigenvalue weighted by Crippen LogP contribution is 2.43. The van der Waals surface area contributed by atoms with Crippen LogP contribution in [0.15, 0.2) is 60.8 Å². The first-order chi connectivity index (χ1) is 22.8. The summed E-state index contributed by atoms with van der Waals surface area (Å²) in [6.07, 6.45) is 36.3. The van der Waals surface area contributed by atoms with Crippen LogP contribution in [0.3, 0.4) is 0 Å². The number of phosphoric acid groups is 1. The minimum absolute atomic E-state index is 0.0180. The van der Waals surface area contributed by atoms with E-state index in [1.165, 1.54) is 25.7 Å². The molecule has 0 saturated carbocycles. The van der Waals surface area contributed by atoms with Gasteiger partial charge in [0.25, 0.3) is 0 Å². The first kappa shape index (κ1) is 45.2. The van der Waals surface area contributed by atoms with Gasteiger partial charge in [-0.2, -0.15) is 0 Å². The third-order valence-corrected chi connectivity index (χ3v) is 7.92. The van der Waals surface area contributed by atoms with Crippen molar-refractivity contribution in [3.05, 3.63) is 60.8 Å². The first-order valence-electron chi connectivity index (χ1n) is 17.8. The van der Waals surface area contributed by atoms with Gasteiger partial charge in [-0.05, 0) is 57.8 Å². The van der Waals surface area contributed by atoms with Crippen molar-refractivity contribution in [2.75, 3.05) is 33.0 Å². The van der Waals surface area contributed by atoms with Gasteiger partial charge >= 0.3 is 13.8 Å². The van der Waals surface area contributed by atoms with Crippen LogP contribution in [0.25, 0.3) is 0 Å². The minimum atomic E-state index is -4.52. The molecular formula is C37H65O9P. The van der Waals surface area contributed by atoms with Gasteiger partial charge in [-0.3, -0.25) is 13.8 Å². The van der Waals surface area contributed by atoms with Crippen molar-refractivity contribution in [1.82, 2.24) is 0 Å². The second-order valence-corrected chi connectivity index (χ2v) is 13.0. The molecule has 0 saturated heterocycles. The van der Waals surface area contributed by atoms with Crippen LogP contribution in [0.4, 0.5) is 0 Å². The van der Waals surface area contributed by atoms with E-state index in [0.29, 0.717) is 6.61 Å². The van der Waals surface area contributed by atoms with Crippen molar-refractivity contribution in [1.29, 1.82) is 0 Å². The van der Waals surface area contributed by atoms with Gasteiger partial charge in [0.05, 0.1) is 26.4 Å². The third kappa shape index (κ3) is 33.8. The molecule has 47 heavy (non-hydrogen) atoms. The number of allylic oxidation sites excluding steroid dienone is 10. The van der Waals surface area contributed by atoms with Crippen LogP contribution in [0.5, 0.6) is 0 Å². The Labute approximate surface area is 285 Å². The average molecular weight is 685 g/mol. The molecule has 0 aliphatic rings. The second-order valence-electron chi connectivity index (χ2n) is 11.5. The number of esters is 1. The molecule has 0 aromatic carbocycles. The lowest BCUT2D eigenvalue weighted by Gasteiger charge is -2.20. The summed E-state index contributed by atoms with van der Waals surface area (Å²) in [4.78, 5) is 22.3. The summed E-state index contributed by atoms with van der Waals surface area (Å²) in [6.45, 7) is 3.22. The van der Waals surface area contributed by atoms with Gasteiger partial charge < -0.3 is 24.6 Å². The van der Waals surface area contributed by atoms with Gasteiger partial charge in [0, 0.05) is 13.0 Å². The third-order valence-electron chi connectivity index (χ3n) is 6.97. The number of aliphatic hydroxyl groups is 2. The highest BCUT2D eigenvalue weighted by Gasteiger charge is 2.26. The van der Waals surface area contributed by atoms with Gasteiger partial charge in [0.1, 0.15) is 12.2 Å². The van der Waals surface area contributed by atoms with E-state index in [1.54, 1.807) is 0 Å².